The number of aromatic nitrogens is 6. The molecule has 0 aromatic carbocycles. The van der Waals surface area contributed by atoms with E-state index in [0.717, 1.165) is 38.0 Å². The number of hydrogen-bond donors (Lipinski definition) is 1. The minimum absolute atomic E-state index is 0.120. The minimum atomic E-state index is -0.750. The molecule has 0 spiro atoms. The molecule has 35 heavy (non-hydrogen) atoms. The Morgan fingerprint density at radius 3 is 2.77 bits per heavy atom. The van der Waals surface area contributed by atoms with Crippen LogP contribution >= 0.6 is 0 Å². The summed E-state index contributed by atoms with van der Waals surface area (Å²) >= 11 is 0. The SMILES string of the molecule is Cc1nc(-c2nnn(C)c2COc2ccnc(N3CCC3)n2)ccc1O[C@H]1CCC[C@H](C(=O)O)C1. The molecule has 1 aliphatic carbocycles. The Bertz CT molecular complexity index is 1210. The third-order valence-electron chi connectivity index (χ3n) is 6.60. The highest BCUT2D eigenvalue weighted by Gasteiger charge is 2.28. The molecule has 0 amide bonds. The molecule has 1 aliphatic heterocycles. The summed E-state index contributed by atoms with van der Waals surface area (Å²) in [7, 11) is 1.81. The second-order valence-electron chi connectivity index (χ2n) is 9.05. The summed E-state index contributed by atoms with van der Waals surface area (Å²) in [6.07, 6.45) is 5.65. The van der Waals surface area contributed by atoms with Crippen molar-refractivity contribution in [1.29, 1.82) is 0 Å². The number of aryl methyl sites for hydroxylation is 2. The molecule has 3 aromatic heterocycles. The molecule has 2 atom stereocenters. The normalized spacial score (nSPS) is 19.8. The predicted molar refractivity (Wildman–Crippen MR) is 126 cm³/mol. The molecule has 184 valence electrons. The van der Waals surface area contributed by atoms with E-state index in [-0.39, 0.29) is 18.6 Å². The van der Waals surface area contributed by atoms with Crippen molar-refractivity contribution in [3.63, 3.8) is 0 Å². The lowest BCUT2D eigenvalue weighted by Crippen LogP contribution is -2.38. The van der Waals surface area contributed by atoms with E-state index in [1.165, 1.54) is 0 Å². The van der Waals surface area contributed by atoms with Gasteiger partial charge >= 0.3 is 5.97 Å². The van der Waals surface area contributed by atoms with E-state index < -0.39 is 5.97 Å². The number of nitrogens with zero attached hydrogens (tertiary/aromatic N) is 7. The summed E-state index contributed by atoms with van der Waals surface area (Å²) in [5, 5.41) is 17.8. The zero-order chi connectivity index (χ0) is 24.4. The van der Waals surface area contributed by atoms with E-state index >= 15 is 0 Å². The summed E-state index contributed by atoms with van der Waals surface area (Å²) in [6, 6.07) is 5.45. The summed E-state index contributed by atoms with van der Waals surface area (Å²) in [5.41, 5.74) is 2.78. The monoisotopic (exact) mass is 479 g/mol. The van der Waals surface area contributed by atoms with Crippen LogP contribution in [0.5, 0.6) is 11.6 Å². The van der Waals surface area contributed by atoms with Crippen LogP contribution in [0.2, 0.25) is 0 Å². The highest BCUT2D eigenvalue weighted by atomic mass is 16.5. The van der Waals surface area contributed by atoms with Crippen molar-refractivity contribution in [3.8, 4) is 23.0 Å². The van der Waals surface area contributed by atoms with Crippen molar-refractivity contribution in [1.82, 2.24) is 29.9 Å². The lowest BCUT2D eigenvalue weighted by atomic mass is 9.87. The number of ether oxygens (including phenoxy) is 2. The van der Waals surface area contributed by atoms with Crippen molar-refractivity contribution in [2.45, 2.75) is 51.7 Å². The van der Waals surface area contributed by atoms with Gasteiger partial charge in [0.05, 0.1) is 23.4 Å². The number of pyridine rings is 1. The van der Waals surface area contributed by atoms with E-state index in [9.17, 15) is 9.90 Å². The fourth-order valence-electron chi connectivity index (χ4n) is 4.42. The fraction of sp³-hybridized carbons (Fsp3) is 0.500. The van der Waals surface area contributed by atoms with Crippen LogP contribution in [-0.4, -0.2) is 60.2 Å². The third kappa shape index (κ3) is 5.03. The molecule has 2 aliphatic rings. The Morgan fingerprint density at radius 2 is 2.03 bits per heavy atom. The van der Waals surface area contributed by atoms with Gasteiger partial charge in [0.2, 0.25) is 11.8 Å². The zero-order valence-electron chi connectivity index (χ0n) is 19.9. The van der Waals surface area contributed by atoms with E-state index in [4.69, 9.17) is 14.5 Å². The zero-order valence-corrected chi connectivity index (χ0v) is 19.9. The average molecular weight is 480 g/mol. The van der Waals surface area contributed by atoms with Crippen LogP contribution in [0.25, 0.3) is 11.4 Å². The van der Waals surface area contributed by atoms with Crippen LogP contribution in [0, 0.1) is 12.8 Å². The van der Waals surface area contributed by atoms with Crippen molar-refractivity contribution < 1.29 is 19.4 Å². The summed E-state index contributed by atoms with van der Waals surface area (Å²) in [5.74, 6) is 0.734. The van der Waals surface area contributed by atoms with Crippen LogP contribution in [0.15, 0.2) is 24.4 Å². The number of hydrogen-bond acceptors (Lipinski definition) is 9. The first-order valence-corrected chi connectivity index (χ1v) is 11.9. The van der Waals surface area contributed by atoms with Crippen LogP contribution in [0.3, 0.4) is 0 Å². The molecule has 0 bridgehead atoms. The Labute approximate surface area is 203 Å². The van der Waals surface area contributed by atoms with Gasteiger partial charge in [0.25, 0.3) is 0 Å². The first-order valence-electron chi connectivity index (χ1n) is 11.9. The van der Waals surface area contributed by atoms with Gasteiger partial charge in [-0.2, -0.15) is 4.98 Å². The maximum absolute atomic E-state index is 11.4. The van der Waals surface area contributed by atoms with E-state index in [1.807, 2.05) is 26.1 Å². The first kappa shape index (κ1) is 23.0. The van der Waals surface area contributed by atoms with Gasteiger partial charge in [-0.25, -0.2) is 14.6 Å². The first-order chi connectivity index (χ1) is 17.0. The quantitative estimate of drug-likeness (QED) is 0.515. The molecule has 1 N–H and O–H groups in total. The maximum atomic E-state index is 11.4. The number of carboxylic acid groups (broad SMARTS) is 1. The molecule has 11 heteroatoms. The predicted octanol–water partition coefficient (Wildman–Crippen LogP) is 2.79. The molecule has 11 nitrogen and oxygen atoms in total. The molecule has 1 saturated heterocycles. The van der Waals surface area contributed by atoms with Crippen molar-refractivity contribution in [3.05, 3.63) is 35.8 Å². The number of carbonyl (C=O) groups is 1. The fourth-order valence-corrected chi connectivity index (χ4v) is 4.42. The molecular weight excluding hydrogens is 450 g/mol. The molecule has 1 saturated carbocycles. The minimum Gasteiger partial charge on any atom is -0.489 e. The Morgan fingerprint density at radius 1 is 1.17 bits per heavy atom. The van der Waals surface area contributed by atoms with Gasteiger partial charge in [0.1, 0.15) is 23.7 Å². The van der Waals surface area contributed by atoms with E-state index in [2.05, 4.69) is 25.2 Å². The maximum Gasteiger partial charge on any atom is 0.306 e. The number of carboxylic acids is 1. The Hall–Kier alpha value is -3.76. The molecular formula is C24H29N7O4. The Kier molecular flexibility index (Phi) is 6.47. The second kappa shape index (κ2) is 9.85. The van der Waals surface area contributed by atoms with Gasteiger partial charge < -0.3 is 19.5 Å². The molecule has 0 radical (unpaired) electrons. The van der Waals surface area contributed by atoms with Crippen LogP contribution < -0.4 is 14.4 Å². The van der Waals surface area contributed by atoms with Crippen LogP contribution in [0.1, 0.15) is 43.5 Å². The lowest BCUT2D eigenvalue weighted by Gasteiger charge is -2.30. The topological polar surface area (TPSA) is 128 Å². The van der Waals surface area contributed by atoms with Crippen molar-refractivity contribution >= 4 is 11.9 Å². The standard InChI is InChI=1S/C24H29N7O4/c1-15-20(35-17-6-3-5-16(13-17)23(32)33)8-7-18(26-15)22-19(30(2)29-28-22)14-34-21-9-10-25-24(27-21)31-11-4-12-31/h7-10,16-17H,3-6,11-14H2,1-2H3,(H,32,33)/t16-,17-/m0/s1. The molecule has 4 heterocycles. The van der Waals surface area contributed by atoms with Crippen molar-refractivity contribution in [2.75, 3.05) is 18.0 Å². The van der Waals surface area contributed by atoms with Gasteiger partial charge in [-0.15, -0.1) is 5.10 Å². The molecule has 3 aromatic rings. The third-order valence-corrected chi connectivity index (χ3v) is 6.60. The van der Waals surface area contributed by atoms with Gasteiger partial charge in [-0.1, -0.05) is 5.21 Å². The van der Waals surface area contributed by atoms with Crippen LogP contribution in [-0.2, 0) is 18.4 Å². The Balaban J connectivity index is 1.28. The highest BCUT2D eigenvalue weighted by molar-refractivity contribution is 5.70. The summed E-state index contributed by atoms with van der Waals surface area (Å²) in [6.45, 7) is 4.03. The number of anilines is 1. The van der Waals surface area contributed by atoms with E-state index in [1.54, 1.807) is 16.9 Å². The second-order valence-corrected chi connectivity index (χ2v) is 9.05. The molecule has 2 fully saturated rings. The van der Waals surface area contributed by atoms with Crippen LogP contribution in [0.4, 0.5) is 5.95 Å². The van der Waals surface area contributed by atoms with Gasteiger partial charge in [0, 0.05) is 32.4 Å². The number of aliphatic carboxylic acids is 1. The number of rotatable bonds is 8. The average Bonchev–Trinajstić information content (AvgIpc) is 3.18. The molecule has 0 unspecified atom stereocenters. The van der Waals surface area contributed by atoms with Gasteiger partial charge in [-0.3, -0.25) is 4.79 Å². The lowest BCUT2D eigenvalue weighted by molar-refractivity contribution is -0.143. The summed E-state index contributed by atoms with van der Waals surface area (Å²) < 4.78 is 13.8. The van der Waals surface area contributed by atoms with Crippen molar-refractivity contribution in [2.24, 2.45) is 13.0 Å². The highest BCUT2D eigenvalue weighted by Crippen LogP contribution is 2.30. The largest absolute Gasteiger partial charge is 0.489 e. The van der Waals surface area contributed by atoms with Gasteiger partial charge in [-0.05, 0) is 51.2 Å². The smallest absolute Gasteiger partial charge is 0.306 e. The summed E-state index contributed by atoms with van der Waals surface area (Å²) in [4.78, 5) is 27.0. The molecule has 5 rings (SSSR count). The van der Waals surface area contributed by atoms with E-state index in [0.29, 0.717) is 47.5 Å². The van der Waals surface area contributed by atoms with Gasteiger partial charge in [0.15, 0.2) is 0 Å².